The van der Waals surface area contributed by atoms with E-state index in [9.17, 15) is 9.59 Å². The Kier molecular flexibility index (Phi) is 4.60. The number of carbonyl (C=O) groups is 2. The molecular formula is C22H20N2O3. The Morgan fingerprint density at radius 2 is 1.81 bits per heavy atom. The van der Waals surface area contributed by atoms with Crippen LogP contribution in [0.2, 0.25) is 0 Å². The summed E-state index contributed by atoms with van der Waals surface area (Å²) in [5, 5.41) is 11.1. The van der Waals surface area contributed by atoms with Gasteiger partial charge < -0.3 is 4.90 Å². The molecule has 0 atom stereocenters. The maximum absolute atomic E-state index is 12.9. The predicted octanol–water partition coefficient (Wildman–Crippen LogP) is 3.09. The number of hydroxylamine groups is 1. The first kappa shape index (κ1) is 17.2. The van der Waals surface area contributed by atoms with Gasteiger partial charge in [-0.25, -0.2) is 5.48 Å². The molecule has 1 aliphatic heterocycles. The summed E-state index contributed by atoms with van der Waals surface area (Å²) in [6.07, 6.45) is 1.12. The molecule has 2 amide bonds. The number of hydrogen-bond acceptors (Lipinski definition) is 3. The second kappa shape index (κ2) is 7.21. The van der Waals surface area contributed by atoms with Gasteiger partial charge in [0.15, 0.2) is 0 Å². The molecule has 3 aromatic rings. The van der Waals surface area contributed by atoms with Crippen molar-refractivity contribution in [1.29, 1.82) is 0 Å². The molecule has 0 saturated heterocycles. The van der Waals surface area contributed by atoms with Crippen LogP contribution in [0.3, 0.4) is 0 Å². The lowest BCUT2D eigenvalue weighted by molar-refractivity contribution is -0.131. The molecule has 4 rings (SSSR count). The van der Waals surface area contributed by atoms with Crippen LogP contribution in [0.25, 0.3) is 10.8 Å². The Bertz CT molecular complexity index is 1020. The van der Waals surface area contributed by atoms with Crippen molar-refractivity contribution >= 4 is 22.6 Å². The molecule has 5 heteroatoms. The number of carbonyl (C=O) groups excluding carboxylic acids is 2. The summed E-state index contributed by atoms with van der Waals surface area (Å²) in [6, 6.07) is 19.4. The van der Waals surface area contributed by atoms with Gasteiger partial charge in [0.1, 0.15) is 0 Å². The lowest BCUT2D eigenvalue weighted by Crippen LogP contribution is -2.37. The number of nitrogens with zero attached hydrogens (tertiary/aromatic N) is 1. The SMILES string of the molecule is O=C(NO)c1ccc2c(c1)CN(C(=O)Cc1cccc3ccccc13)CC2. The van der Waals surface area contributed by atoms with Crippen molar-refractivity contribution in [1.82, 2.24) is 10.4 Å². The van der Waals surface area contributed by atoms with Crippen LogP contribution in [0, 0.1) is 0 Å². The van der Waals surface area contributed by atoms with Crippen molar-refractivity contribution in [2.45, 2.75) is 19.4 Å². The van der Waals surface area contributed by atoms with Crippen LogP contribution < -0.4 is 5.48 Å². The van der Waals surface area contributed by atoms with Gasteiger partial charge in [-0.05, 0) is 46.0 Å². The topological polar surface area (TPSA) is 69.6 Å². The highest BCUT2D eigenvalue weighted by Gasteiger charge is 2.22. The average molecular weight is 360 g/mol. The van der Waals surface area contributed by atoms with Gasteiger partial charge in [-0.1, -0.05) is 48.5 Å². The molecule has 1 heterocycles. The first-order valence-corrected chi connectivity index (χ1v) is 8.96. The molecule has 0 fully saturated rings. The molecule has 3 aromatic carbocycles. The van der Waals surface area contributed by atoms with Crippen LogP contribution in [0.5, 0.6) is 0 Å². The molecule has 2 N–H and O–H groups in total. The second-order valence-corrected chi connectivity index (χ2v) is 6.80. The van der Waals surface area contributed by atoms with Crippen LogP contribution in [0.4, 0.5) is 0 Å². The van der Waals surface area contributed by atoms with Crippen LogP contribution in [0.1, 0.15) is 27.0 Å². The largest absolute Gasteiger partial charge is 0.338 e. The fraction of sp³-hybridized carbons (Fsp3) is 0.182. The van der Waals surface area contributed by atoms with E-state index in [1.165, 1.54) is 0 Å². The van der Waals surface area contributed by atoms with Gasteiger partial charge in [-0.3, -0.25) is 14.8 Å². The first-order valence-electron chi connectivity index (χ1n) is 8.96. The Balaban J connectivity index is 1.54. The van der Waals surface area contributed by atoms with E-state index in [-0.39, 0.29) is 5.91 Å². The molecule has 0 spiro atoms. The molecule has 0 radical (unpaired) electrons. The average Bonchev–Trinajstić information content (AvgIpc) is 2.72. The van der Waals surface area contributed by atoms with Crippen molar-refractivity contribution in [3.8, 4) is 0 Å². The number of fused-ring (bicyclic) bond motifs is 2. The van der Waals surface area contributed by atoms with Gasteiger partial charge in [0.2, 0.25) is 5.91 Å². The minimum Gasteiger partial charge on any atom is -0.338 e. The molecule has 5 nitrogen and oxygen atoms in total. The van der Waals surface area contributed by atoms with Gasteiger partial charge >= 0.3 is 0 Å². The molecule has 0 unspecified atom stereocenters. The van der Waals surface area contributed by atoms with E-state index in [0.29, 0.717) is 25.1 Å². The number of hydrogen-bond donors (Lipinski definition) is 2. The normalized spacial score (nSPS) is 13.3. The molecule has 1 aliphatic rings. The van der Waals surface area contributed by atoms with E-state index in [4.69, 9.17) is 5.21 Å². The van der Waals surface area contributed by atoms with E-state index >= 15 is 0 Å². The smallest absolute Gasteiger partial charge is 0.274 e. The highest BCUT2D eigenvalue weighted by atomic mass is 16.5. The van der Waals surface area contributed by atoms with Crippen molar-refractivity contribution in [3.05, 3.63) is 82.9 Å². The Morgan fingerprint density at radius 3 is 2.67 bits per heavy atom. The molecule has 27 heavy (non-hydrogen) atoms. The minimum absolute atomic E-state index is 0.0778. The summed E-state index contributed by atoms with van der Waals surface area (Å²) in [7, 11) is 0. The van der Waals surface area contributed by atoms with E-state index in [0.717, 1.165) is 33.9 Å². The van der Waals surface area contributed by atoms with Crippen molar-refractivity contribution in [3.63, 3.8) is 0 Å². The zero-order chi connectivity index (χ0) is 18.8. The van der Waals surface area contributed by atoms with E-state index < -0.39 is 5.91 Å². The molecule has 0 aromatic heterocycles. The summed E-state index contributed by atoms with van der Waals surface area (Å²) in [4.78, 5) is 26.4. The summed E-state index contributed by atoms with van der Waals surface area (Å²) in [5.41, 5.74) is 5.16. The van der Waals surface area contributed by atoms with E-state index in [2.05, 4.69) is 0 Å². The highest BCUT2D eigenvalue weighted by molar-refractivity contribution is 5.94. The number of amides is 2. The molecular weight excluding hydrogens is 340 g/mol. The monoisotopic (exact) mass is 360 g/mol. The van der Waals surface area contributed by atoms with Crippen LogP contribution >= 0.6 is 0 Å². The lowest BCUT2D eigenvalue weighted by atomic mass is 9.96. The summed E-state index contributed by atoms with van der Waals surface area (Å²) >= 11 is 0. The minimum atomic E-state index is -0.544. The van der Waals surface area contributed by atoms with Gasteiger partial charge in [-0.15, -0.1) is 0 Å². The molecule has 0 saturated carbocycles. The summed E-state index contributed by atoms with van der Waals surface area (Å²) in [5.74, 6) is -0.467. The van der Waals surface area contributed by atoms with Gasteiger partial charge in [0.05, 0.1) is 6.42 Å². The third-order valence-corrected chi connectivity index (χ3v) is 5.16. The van der Waals surface area contributed by atoms with Crippen molar-refractivity contribution in [2.75, 3.05) is 6.54 Å². The quantitative estimate of drug-likeness (QED) is 0.557. The van der Waals surface area contributed by atoms with E-state index in [1.807, 2.05) is 53.4 Å². The van der Waals surface area contributed by atoms with Crippen LogP contribution in [-0.4, -0.2) is 28.5 Å². The van der Waals surface area contributed by atoms with Crippen LogP contribution in [0.15, 0.2) is 60.7 Å². The zero-order valence-corrected chi connectivity index (χ0v) is 14.8. The molecule has 136 valence electrons. The highest BCUT2D eigenvalue weighted by Crippen LogP contribution is 2.23. The van der Waals surface area contributed by atoms with Gasteiger partial charge in [0.25, 0.3) is 5.91 Å². The van der Waals surface area contributed by atoms with Crippen molar-refractivity contribution < 1.29 is 14.8 Å². The predicted molar refractivity (Wildman–Crippen MR) is 102 cm³/mol. The maximum atomic E-state index is 12.9. The molecule has 0 bridgehead atoms. The fourth-order valence-electron chi connectivity index (χ4n) is 3.70. The third-order valence-electron chi connectivity index (χ3n) is 5.16. The fourth-order valence-corrected chi connectivity index (χ4v) is 3.70. The second-order valence-electron chi connectivity index (χ2n) is 6.80. The molecule has 0 aliphatic carbocycles. The number of rotatable bonds is 3. The van der Waals surface area contributed by atoms with Crippen LogP contribution in [-0.2, 0) is 24.2 Å². The lowest BCUT2D eigenvalue weighted by Gasteiger charge is -2.29. The third kappa shape index (κ3) is 3.41. The van der Waals surface area contributed by atoms with E-state index in [1.54, 1.807) is 17.6 Å². The van der Waals surface area contributed by atoms with Crippen molar-refractivity contribution in [2.24, 2.45) is 0 Å². The van der Waals surface area contributed by atoms with Gasteiger partial charge in [0, 0.05) is 18.7 Å². The maximum Gasteiger partial charge on any atom is 0.274 e. The number of benzene rings is 3. The first-order chi connectivity index (χ1) is 13.2. The Labute approximate surface area is 157 Å². The number of nitrogens with one attached hydrogen (secondary N) is 1. The Morgan fingerprint density at radius 1 is 1.00 bits per heavy atom. The summed E-state index contributed by atoms with van der Waals surface area (Å²) in [6.45, 7) is 1.15. The zero-order valence-electron chi connectivity index (χ0n) is 14.8. The Hall–Kier alpha value is -3.18. The summed E-state index contributed by atoms with van der Waals surface area (Å²) < 4.78 is 0. The van der Waals surface area contributed by atoms with Gasteiger partial charge in [-0.2, -0.15) is 0 Å². The standard InChI is InChI=1S/C22H20N2O3/c25-21(13-17-6-3-5-16-4-1-2-7-20(16)17)24-11-10-15-8-9-18(22(26)23-27)12-19(15)14-24/h1-9,12,27H,10-11,13-14H2,(H,23,26).